The third kappa shape index (κ3) is 7.19. The van der Waals surface area contributed by atoms with Gasteiger partial charge >= 0.3 is 6.09 Å². The van der Waals surface area contributed by atoms with Crippen molar-refractivity contribution in [2.24, 2.45) is 0 Å². The van der Waals surface area contributed by atoms with E-state index in [0.29, 0.717) is 59.9 Å². The van der Waals surface area contributed by atoms with Crippen LogP contribution in [0.2, 0.25) is 10.0 Å². The minimum Gasteiger partial charge on any atom is -0.491 e. The fraction of sp³-hybridized carbons (Fsp3) is 0.344. The lowest BCUT2D eigenvalue weighted by molar-refractivity contribution is -0.00233. The van der Waals surface area contributed by atoms with Crippen LogP contribution in [0.25, 0.3) is 10.9 Å². The molecular weight excluding hydrogens is 577 g/mol. The summed E-state index contributed by atoms with van der Waals surface area (Å²) >= 11 is 12.3. The van der Waals surface area contributed by atoms with Crippen LogP contribution in [-0.4, -0.2) is 78.1 Å². The molecule has 0 spiro atoms. The van der Waals surface area contributed by atoms with Gasteiger partial charge in [0, 0.05) is 52.8 Å². The maximum absolute atomic E-state index is 13.5. The molecule has 0 unspecified atom stereocenters. The summed E-state index contributed by atoms with van der Waals surface area (Å²) < 4.78 is 17.0. The van der Waals surface area contributed by atoms with Crippen LogP contribution in [0.5, 0.6) is 5.75 Å². The maximum Gasteiger partial charge on any atom is 0.416 e. The molecule has 2 atom stereocenters. The van der Waals surface area contributed by atoms with Gasteiger partial charge in [-0.15, -0.1) is 0 Å². The van der Waals surface area contributed by atoms with Crippen molar-refractivity contribution >= 4 is 40.2 Å². The van der Waals surface area contributed by atoms with E-state index < -0.39 is 18.2 Å². The van der Waals surface area contributed by atoms with E-state index in [9.17, 15) is 9.90 Å². The van der Waals surface area contributed by atoms with Gasteiger partial charge in [-0.05, 0) is 79.1 Å². The lowest BCUT2D eigenvalue weighted by atomic mass is 9.93. The predicted octanol–water partition coefficient (Wildman–Crippen LogP) is 6.30. The standard InChI is InChI=1S/C32H35Cl2N3O5/c1-3-25(41-20-24(38)19-36-14-16-40-17-15-36)8-4-21(2)31-30-27(28-18-23(34)7-11-29(28)35-30)12-13-37(31)32(39)42-26-9-5-22(33)6-10-26/h3-11,18,24,31,35,38H,2,12-17,19-20H2,1H3/b8-4-,25-3+/t24-,31+/m1/s1. The molecule has 1 saturated heterocycles. The van der Waals surface area contributed by atoms with Crippen LogP contribution in [0.3, 0.4) is 0 Å². The molecule has 1 aromatic heterocycles. The van der Waals surface area contributed by atoms with E-state index >= 15 is 0 Å². The lowest BCUT2D eigenvalue weighted by Crippen LogP contribution is -2.42. The van der Waals surface area contributed by atoms with Crippen LogP contribution in [0.15, 0.2) is 78.6 Å². The second-order valence-electron chi connectivity index (χ2n) is 10.4. The number of ether oxygens (including phenoxy) is 3. The van der Waals surface area contributed by atoms with E-state index in [-0.39, 0.29) is 6.61 Å². The number of halogens is 2. The molecule has 2 aliphatic heterocycles. The number of aliphatic hydroxyl groups is 1. The van der Waals surface area contributed by atoms with Crippen LogP contribution in [0, 0.1) is 0 Å². The molecule has 8 nitrogen and oxygen atoms in total. The predicted molar refractivity (Wildman–Crippen MR) is 165 cm³/mol. The maximum atomic E-state index is 13.5. The summed E-state index contributed by atoms with van der Waals surface area (Å²) in [6.07, 6.45) is 4.98. The Bertz CT molecular complexity index is 1480. The first-order valence-corrected chi connectivity index (χ1v) is 14.8. The van der Waals surface area contributed by atoms with E-state index in [1.165, 1.54) is 0 Å². The third-order valence-electron chi connectivity index (χ3n) is 7.45. The third-order valence-corrected chi connectivity index (χ3v) is 7.94. The molecule has 0 radical (unpaired) electrons. The number of carbonyl (C=O) groups excluding carboxylic acids is 1. The van der Waals surface area contributed by atoms with E-state index in [0.717, 1.165) is 35.2 Å². The van der Waals surface area contributed by atoms with Crippen molar-refractivity contribution in [3.63, 3.8) is 0 Å². The molecule has 2 aliphatic rings. The Morgan fingerprint density at radius 2 is 1.88 bits per heavy atom. The monoisotopic (exact) mass is 611 g/mol. The van der Waals surface area contributed by atoms with Crippen LogP contribution >= 0.6 is 23.2 Å². The summed E-state index contributed by atoms with van der Waals surface area (Å²) in [5, 5.41) is 12.7. The molecule has 10 heteroatoms. The molecule has 3 aromatic rings. The fourth-order valence-corrected chi connectivity index (χ4v) is 5.64. The average Bonchev–Trinajstić information content (AvgIpc) is 3.36. The number of carbonyl (C=O) groups is 1. The van der Waals surface area contributed by atoms with E-state index in [1.807, 2.05) is 37.3 Å². The number of benzene rings is 2. The second kappa shape index (κ2) is 13.8. The smallest absolute Gasteiger partial charge is 0.416 e. The molecule has 42 heavy (non-hydrogen) atoms. The summed E-state index contributed by atoms with van der Waals surface area (Å²) in [5.41, 5.74) is 3.56. The van der Waals surface area contributed by atoms with Gasteiger partial charge in [-0.2, -0.15) is 0 Å². The number of rotatable bonds is 9. The van der Waals surface area contributed by atoms with E-state index in [1.54, 1.807) is 35.2 Å². The van der Waals surface area contributed by atoms with Crippen molar-refractivity contribution < 1.29 is 24.1 Å². The van der Waals surface area contributed by atoms with Gasteiger partial charge in [0.15, 0.2) is 0 Å². The molecule has 222 valence electrons. The van der Waals surface area contributed by atoms with Gasteiger partial charge in [-0.1, -0.05) is 35.9 Å². The number of fused-ring (bicyclic) bond motifs is 3. The first-order valence-electron chi connectivity index (χ1n) is 14.0. The van der Waals surface area contributed by atoms with Gasteiger partial charge in [-0.25, -0.2) is 4.79 Å². The Morgan fingerprint density at radius 1 is 1.14 bits per heavy atom. The summed E-state index contributed by atoms with van der Waals surface area (Å²) in [4.78, 5) is 20.8. The van der Waals surface area contributed by atoms with Crippen molar-refractivity contribution in [3.05, 3.63) is 99.9 Å². The van der Waals surface area contributed by atoms with Gasteiger partial charge < -0.3 is 24.3 Å². The zero-order valence-electron chi connectivity index (χ0n) is 23.5. The van der Waals surface area contributed by atoms with Crippen molar-refractivity contribution in [1.82, 2.24) is 14.8 Å². The van der Waals surface area contributed by atoms with Crippen molar-refractivity contribution in [3.8, 4) is 5.75 Å². The summed E-state index contributed by atoms with van der Waals surface area (Å²) in [6.45, 7) is 10.3. The SMILES string of the molecule is C=C(/C=C\C(=C/C)OC[C@H](O)CN1CCOCC1)[C@H]1c2[nH]c3ccc(Cl)cc3c2CCN1C(=O)Oc1ccc(Cl)cc1. The topological polar surface area (TPSA) is 87.3 Å². The summed E-state index contributed by atoms with van der Waals surface area (Å²) in [5.74, 6) is 0.991. The zero-order valence-corrected chi connectivity index (χ0v) is 25.0. The van der Waals surface area contributed by atoms with Crippen LogP contribution in [-0.2, 0) is 15.9 Å². The summed E-state index contributed by atoms with van der Waals surface area (Å²) in [6, 6.07) is 11.9. The highest BCUT2D eigenvalue weighted by Gasteiger charge is 2.35. The molecule has 1 amide bonds. The number of nitrogens with zero attached hydrogens (tertiary/aromatic N) is 2. The fourth-order valence-electron chi connectivity index (χ4n) is 5.34. The number of hydrogen-bond donors (Lipinski definition) is 2. The van der Waals surface area contributed by atoms with Gasteiger partial charge in [0.2, 0.25) is 0 Å². The molecule has 1 fully saturated rings. The first-order chi connectivity index (χ1) is 20.3. The van der Waals surface area contributed by atoms with Crippen molar-refractivity contribution in [1.29, 1.82) is 0 Å². The Balaban J connectivity index is 1.34. The Hall–Kier alpha value is -3.27. The number of allylic oxidation sites excluding steroid dienone is 2. The number of amides is 1. The molecule has 0 saturated carbocycles. The number of aromatic nitrogens is 1. The minimum absolute atomic E-state index is 0.156. The Morgan fingerprint density at radius 3 is 2.62 bits per heavy atom. The minimum atomic E-state index is -0.633. The van der Waals surface area contributed by atoms with Gasteiger partial charge in [-0.3, -0.25) is 9.80 Å². The Kier molecular flexibility index (Phi) is 9.92. The Labute approximate surface area is 255 Å². The largest absolute Gasteiger partial charge is 0.491 e. The molecular formula is C32H35Cl2N3O5. The molecule has 5 rings (SSSR count). The van der Waals surface area contributed by atoms with Gasteiger partial charge in [0.1, 0.15) is 30.3 Å². The number of H-pyrrole nitrogens is 1. The first kappa shape index (κ1) is 30.2. The number of β-amino-alcohol motifs (C(OH)–C–C–N with tert-alkyl or cyclic N) is 1. The van der Waals surface area contributed by atoms with Crippen molar-refractivity contribution in [2.75, 3.05) is 46.0 Å². The van der Waals surface area contributed by atoms with Crippen molar-refractivity contribution in [2.45, 2.75) is 25.5 Å². The number of hydrogen-bond acceptors (Lipinski definition) is 6. The molecule has 0 bridgehead atoms. The second-order valence-corrected chi connectivity index (χ2v) is 11.2. The number of aliphatic hydroxyl groups excluding tert-OH is 1. The quantitative estimate of drug-likeness (QED) is 0.218. The van der Waals surface area contributed by atoms with E-state index in [4.69, 9.17) is 37.4 Å². The highest BCUT2D eigenvalue weighted by molar-refractivity contribution is 6.31. The lowest BCUT2D eigenvalue weighted by Gasteiger charge is -2.35. The highest BCUT2D eigenvalue weighted by atomic mass is 35.5. The molecule has 2 aromatic carbocycles. The van der Waals surface area contributed by atoms with E-state index in [2.05, 4.69) is 16.5 Å². The number of morpholine rings is 1. The average molecular weight is 613 g/mol. The molecule has 3 heterocycles. The van der Waals surface area contributed by atoms with Gasteiger partial charge in [0.05, 0.1) is 13.2 Å². The highest BCUT2D eigenvalue weighted by Crippen LogP contribution is 2.39. The van der Waals surface area contributed by atoms with Gasteiger partial charge in [0.25, 0.3) is 0 Å². The van der Waals surface area contributed by atoms with Crippen LogP contribution in [0.4, 0.5) is 4.79 Å². The number of nitrogens with one attached hydrogen (secondary N) is 1. The zero-order chi connectivity index (χ0) is 29.6. The van der Waals surface area contributed by atoms with Crippen LogP contribution in [0.1, 0.15) is 24.2 Å². The normalized spacial score (nSPS) is 18.7. The molecule has 0 aliphatic carbocycles. The molecule has 2 N–H and O–H groups in total. The van der Waals surface area contributed by atoms with Crippen LogP contribution < -0.4 is 4.74 Å². The summed E-state index contributed by atoms with van der Waals surface area (Å²) in [7, 11) is 0. The number of aromatic amines is 1.